The molecule has 4 fully saturated rings. The molecule has 5 rings (SSSR count). The third-order valence-electron chi connectivity index (χ3n) is 10.1. The zero-order chi connectivity index (χ0) is 22.4. The molecule has 0 aromatic carbocycles. The lowest BCUT2D eigenvalue weighted by Gasteiger charge is -2.74. The Kier molecular flexibility index (Phi) is 4.37. The molecule has 0 aromatic heterocycles. The second-order valence-corrected chi connectivity index (χ2v) is 10.9. The van der Waals surface area contributed by atoms with E-state index < -0.39 is 28.5 Å². The molecule has 0 aromatic rings. The van der Waals surface area contributed by atoms with Crippen LogP contribution < -0.4 is 0 Å². The van der Waals surface area contributed by atoms with E-state index in [1.165, 1.54) is 7.11 Å². The van der Waals surface area contributed by atoms with Gasteiger partial charge in [-0.1, -0.05) is 19.4 Å². The number of methoxy groups -OCH3 is 1. The molecule has 7 nitrogen and oxygen atoms in total. The maximum atomic E-state index is 13.0. The van der Waals surface area contributed by atoms with Gasteiger partial charge in [0.15, 0.2) is 5.78 Å². The second kappa shape index (κ2) is 6.41. The Morgan fingerprint density at radius 1 is 1.23 bits per heavy atom. The fraction of sp³-hybridized carbons (Fsp3) is 0.792. The van der Waals surface area contributed by atoms with Gasteiger partial charge >= 0.3 is 11.9 Å². The monoisotopic (exact) mass is 432 g/mol. The smallest absolute Gasteiger partial charge is 0.309 e. The number of aliphatic carboxylic acids is 1. The lowest BCUT2D eigenvalue weighted by atomic mass is 9.38. The zero-order valence-electron chi connectivity index (χ0n) is 18.5. The average molecular weight is 433 g/mol. The lowest BCUT2D eigenvalue weighted by Crippen LogP contribution is -2.79. The van der Waals surface area contributed by atoms with Gasteiger partial charge in [0.25, 0.3) is 0 Å². The molecule has 170 valence electrons. The van der Waals surface area contributed by atoms with Crippen molar-refractivity contribution in [1.29, 1.82) is 0 Å². The molecule has 4 aliphatic carbocycles. The van der Waals surface area contributed by atoms with Gasteiger partial charge in [0.2, 0.25) is 0 Å². The van der Waals surface area contributed by atoms with Gasteiger partial charge in [0, 0.05) is 24.2 Å². The van der Waals surface area contributed by atoms with E-state index in [1.54, 1.807) is 6.08 Å². The van der Waals surface area contributed by atoms with E-state index in [2.05, 4.69) is 13.8 Å². The minimum atomic E-state index is -1.07. The van der Waals surface area contributed by atoms with Crippen molar-refractivity contribution in [3.63, 3.8) is 0 Å². The number of ether oxygens (including phenoxy) is 2. The summed E-state index contributed by atoms with van der Waals surface area (Å²) >= 11 is 0. The number of esters is 1. The first-order chi connectivity index (χ1) is 14.5. The van der Waals surface area contributed by atoms with Crippen molar-refractivity contribution in [2.75, 3.05) is 7.11 Å². The summed E-state index contributed by atoms with van der Waals surface area (Å²) in [5, 5.41) is 20.8. The van der Waals surface area contributed by atoms with Crippen molar-refractivity contribution in [3.8, 4) is 0 Å². The second-order valence-electron chi connectivity index (χ2n) is 10.9. The first-order valence-electron chi connectivity index (χ1n) is 11.5. The van der Waals surface area contributed by atoms with Crippen molar-refractivity contribution >= 4 is 17.7 Å². The number of fused-ring (bicyclic) bond motifs is 2. The molecule has 1 spiro atoms. The summed E-state index contributed by atoms with van der Waals surface area (Å²) < 4.78 is 11.8. The molecule has 1 saturated heterocycles. The van der Waals surface area contributed by atoms with Crippen LogP contribution in [0.2, 0.25) is 0 Å². The van der Waals surface area contributed by atoms with Crippen LogP contribution in [-0.2, 0) is 23.9 Å². The summed E-state index contributed by atoms with van der Waals surface area (Å²) in [6.07, 6.45) is 5.25. The van der Waals surface area contributed by atoms with Crippen LogP contribution in [-0.4, -0.2) is 52.4 Å². The van der Waals surface area contributed by atoms with Gasteiger partial charge in [-0.15, -0.1) is 0 Å². The van der Waals surface area contributed by atoms with Crippen molar-refractivity contribution in [3.05, 3.63) is 11.6 Å². The minimum absolute atomic E-state index is 0.0288. The fourth-order valence-corrected chi connectivity index (χ4v) is 8.38. The SMILES string of the molecule is COC(=O)[C@@H]1CC2=CC(=O)C[C@@H]3O[C@@]4(CC[C@@]5(C)[C@@H](CC[C@]5(O)CCC(=O)O)[C@H]14)[C@]23C. The predicted molar refractivity (Wildman–Crippen MR) is 109 cm³/mol. The molecule has 31 heavy (non-hydrogen) atoms. The highest BCUT2D eigenvalue weighted by Gasteiger charge is 2.79. The van der Waals surface area contributed by atoms with E-state index in [0.717, 1.165) is 12.0 Å². The number of hydrogen-bond acceptors (Lipinski definition) is 6. The molecular formula is C24H32O7. The van der Waals surface area contributed by atoms with Crippen LogP contribution in [0.15, 0.2) is 11.6 Å². The molecule has 7 heteroatoms. The standard InChI is InChI=1S/C24H32O7/c1-21-8-9-24-19(16(21)4-6-23(21,29)7-5-18(26)27)15(20(28)30-3)11-13-10-14(25)12-17(31-24)22(13,24)2/h10,15-17,19,29H,4-9,11-12H2,1-3H3,(H,26,27)/t15-,16+,17+,19+,21+,22-,23+,24-/m1/s1. The molecular weight excluding hydrogens is 400 g/mol. The van der Waals surface area contributed by atoms with E-state index in [-0.39, 0.29) is 47.9 Å². The van der Waals surface area contributed by atoms with E-state index in [4.69, 9.17) is 9.47 Å². The number of aliphatic hydroxyl groups is 1. The van der Waals surface area contributed by atoms with Crippen LogP contribution in [0.25, 0.3) is 0 Å². The van der Waals surface area contributed by atoms with Crippen molar-refractivity contribution in [1.82, 2.24) is 0 Å². The van der Waals surface area contributed by atoms with Crippen molar-refractivity contribution < 1.29 is 34.1 Å². The normalized spacial score (nSPS) is 49.8. The summed E-state index contributed by atoms with van der Waals surface area (Å²) in [7, 11) is 1.40. The summed E-state index contributed by atoms with van der Waals surface area (Å²) in [6, 6.07) is 0. The number of carboxylic acids is 1. The number of carbonyl (C=O) groups is 3. The van der Waals surface area contributed by atoms with Crippen LogP contribution in [0.1, 0.15) is 65.2 Å². The molecule has 5 aliphatic rings. The quantitative estimate of drug-likeness (QED) is 0.657. The van der Waals surface area contributed by atoms with E-state index >= 15 is 0 Å². The Morgan fingerprint density at radius 2 is 1.97 bits per heavy atom. The van der Waals surface area contributed by atoms with E-state index in [0.29, 0.717) is 32.1 Å². The number of hydrogen-bond donors (Lipinski definition) is 2. The maximum Gasteiger partial charge on any atom is 0.309 e. The largest absolute Gasteiger partial charge is 0.481 e. The first-order valence-corrected chi connectivity index (χ1v) is 11.5. The zero-order valence-corrected chi connectivity index (χ0v) is 18.5. The highest BCUT2D eigenvalue weighted by molar-refractivity contribution is 5.93. The fourth-order valence-electron chi connectivity index (χ4n) is 8.38. The Labute approximate surface area is 182 Å². The molecule has 3 saturated carbocycles. The highest BCUT2D eigenvalue weighted by atomic mass is 16.5. The van der Waals surface area contributed by atoms with Gasteiger partial charge in [-0.2, -0.15) is 0 Å². The lowest BCUT2D eigenvalue weighted by molar-refractivity contribution is -0.366. The van der Waals surface area contributed by atoms with Gasteiger partial charge in [0.1, 0.15) is 0 Å². The molecule has 2 N–H and O–H groups in total. The van der Waals surface area contributed by atoms with Gasteiger partial charge < -0.3 is 19.7 Å². The average Bonchev–Trinajstić information content (AvgIpc) is 2.99. The summed E-state index contributed by atoms with van der Waals surface area (Å²) in [6.45, 7) is 4.26. The summed E-state index contributed by atoms with van der Waals surface area (Å²) in [5.74, 6) is -1.66. The molecule has 1 heterocycles. The maximum absolute atomic E-state index is 13.0. The van der Waals surface area contributed by atoms with Crippen LogP contribution in [0.3, 0.4) is 0 Å². The molecule has 8 atom stereocenters. The van der Waals surface area contributed by atoms with Gasteiger partial charge in [-0.05, 0) is 55.9 Å². The minimum Gasteiger partial charge on any atom is -0.481 e. The molecule has 0 bridgehead atoms. The number of rotatable bonds is 4. The molecule has 0 unspecified atom stereocenters. The van der Waals surface area contributed by atoms with Crippen LogP contribution in [0.4, 0.5) is 0 Å². The highest BCUT2D eigenvalue weighted by Crippen LogP contribution is 2.76. The van der Waals surface area contributed by atoms with Crippen LogP contribution in [0.5, 0.6) is 0 Å². The number of carbonyl (C=O) groups excluding carboxylic acids is 2. The summed E-state index contributed by atoms with van der Waals surface area (Å²) in [4.78, 5) is 36.5. The number of ketones is 1. The van der Waals surface area contributed by atoms with Crippen LogP contribution >= 0.6 is 0 Å². The third-order valence-corrected chi connectivity index (χ3v) is 10.1. The first kappa shape index (κ1) is 21.1. The Hall–Kier alpha value is -1.73. The van der Waals surface area contributed by atoms with Gasteiger partial charge in [-0.3, -0.25) is 14.4 Å². The van der Waals surface area contributed by atoms with Crippen LogP contribution in [0, 0.1) is 28.6 Å². The van der Waals surface area contributed by atoms with E-state index in [1.807, 2.05) is 0 Å². The summed E-state index contributed by atoms with van der Waals surface area (Å²) in [5.41, 5.74) is -1.36. The van der Waals surface area contributed by atoms with Gasteiger partial charge in [-0.25, -0.2) is 0 Å². The third kappa shape index (κ3) is 2.39. The Morgan fingerprint density at radius 3 is 2.65 bits per heavy atom. The van der Waals surface area contributed by atoms with Crippen molar-refractivity contribution in [2.24, 2.45) is 28.6 Å². The topological polar surface area (TPSA) is 110 Å². The number of carboxylic acid groups (broad SMARTS) is 1. The Balaban J connectivity index is 1.58. The van der Waals surface area contributed by atoms with Gasteiger partial charge in [0.05, 0.1) is 30.3 Å². The molecule has 0 amide bonds. The predicted octanol–water partition coefficient (Wildman–Crippen LogP) is 2.64. The van der Waals surface area contributed by atoms with Crippen molar-refractivity contribution in [2.45, 2.75) is 82.5 Å². The Bertz CT molecular complexity index is 894. The molecule has 0 radical (unpaired) electrons. The van der Waals surface area contributed by atoms with E-state index in [9.17, 15) is 24.6 Å². The molecule has 1 aliphatic heterocycles.